The lowest BCUT2D eigenvalue weighted by molar-refractivity contribution is 0.0696. The van der Waals surface area contributed by atoms with Gasteiger partial charge in [-0.2, -0.15) is 5.10 Å². The van der Waals surface area contributed by atoms with E-state index in [-0.39, 0.29) is 11.5 Å². The van der Waals surface area contributed by atoms with Crippen LogP contribution in [0.2, 0.25) is 0 Å². The normalized spacial score (nSPS) is 13.2. The molecule has 0 saturated carbocycles. The third kappa shape index (κ3) is 3.65. The van der Waals surface area contributed by atoms with E-state index in [0.717, 1.165) is 37.1 Å². The second-order valence-corrected chi connectivity index (χ2v) is 6.02. The number of nitrogens with zero attached hydrogens (tertiary/aromatic N) is 2. The van der Waals surface area contributed by atoms with Crippen LogP contribution in [-0.4, -0.2) is 40.4 Å². The smallest absolute Gasteiger partial charge is 0.335 e. The number of fused-ring (bicyclic) bond motifs is 1. The number of benzene rings is 1. The fraction of sp³-hybridized carbons (Fsp3) is 0.389. The van der Waals surface area contributed by atoms with Gasteiger partial charge in [0.25, 0.3) is 5.91 Å². The number of aromatic nitrogens is 2. The Balaban J connectivity index is 1.62. The summed E-state index contributed by atoms with van der Waals surface area (Å²) in [6, 6.07) is 4.75. The van der Waals surface area contributed by atoms with Gasteiger partial charge in [0, 0.05) is 13.1 Å². The van der Waals surface area contributed by atoms with Crippen LogP contribution >= 0.6 is 0 Å². The number of amides is 1. The van der Waals surface area contributed by atoms with Crippen LogP contribution in [0.5, 0.6) is 5.75 Å². The Morgan fingerprint density at radius 1 is 1.36 bits per heavy atom. The lowest BCUT2D eigenvalue weighted by atomic mass is 10.1. The van der Waals surface area contributed by atoms with Gasteiger partial charge < -0.3 is 15.2 Å². The van der Waals surface area contributed by atoms with Gasteiger partial charge in [0.05, 0.1) is 30.1 Å². The number of carbonyl (C=O) groups is 2. The Labute approximate surface area is 145 Å². The maximum Gasteiger partial charge on any atom is 0.335 e. The van der Waals surface area contributed by atoms with E-state index in [1.54, 1.807) is 12.3 Å². The highest BCUT2D eigenvalue weighted by atomic mass is 16.5. The van der Waals surface area contributed by atoms with Gasteiger partial charge in [0.1, 0.15) is 5.75 Å². The van der Waals surface area contributed by atoms with Gasteiger partial charge in [0.2, 0.25) is 0 Å². The summed E-state index contributed by atoms with van der Waals surface area (Å²) in [5.41, 5.74) is 2.68. The largest absolute Gasteiger partial charge is 0.496 e. The molecule has 0 fully saturated rings. The number of aryl methyl sites for hydroxylation is 1. The minimum atomic E-state index is -0.996. The molecule has 1 aromatic heterocycles. The van der Waals surface area contributed by atoms with Crippen molar-refractivity contribution < 1.29 is 19.4 Å². The van der Waals surface area contributed by atoms with Crippen LogP contribution in [0.25, 0.3) is 0 Å². The number of aromatic carboxylic acids is 1. The molecule has 7 heteroatoms. The first-order valence-corrected chi connectivity index (χ1v) is 8.33. The molecule has 0 spiro atoms. The third-order valence-electron chi connectivity index (χ3n) is 4.44. The van der Waals surface area contributed by atoms with Crippen molar-refractivity contribution in [3.05, 3.63) is 46.8 Å². The summed E-state index contributed by atoms with van der Waals surface area (Å²) in [4.78, 5) is 23.4. The number of carboxylic acids is 1. The minimum absolute atomic E-state index is 0.121. The molecule has 0 unspecified atom stereocenters. The van der Waals surface area contributed by atoms with Crippen molar-refractivity contribution in [2.24, 2.45) is 0 Å². The molecule has 0 atom stereocenters. The van der Waals surface area contributed by atoms with Crippen molar-refractivity contribution >= 4 is 11.9 Å². The highest BCUT2D eigenvalue weighted by Gasteiger charge is 2.19. The highest BCUT2D eigenvalue weighted by Crippen LogP contribution is 2.21. The van der Waals surface area contributed by atoms with E-state index >= 15 is 0 Å². The molecule has 2 N–H and O–H groups in total. The molecule has 0 radical (unpaired) electrons. The van der Waals surface area contributed by atoms with E-state index < -0.39 is 5.97 Å². The number of nitrogens with one attached hydrogen (secondary N) is 1. The van der Waals surface area contributed by atoms with Gasteiger partial charge in [0.15, 0.2) is 0 Å². The molecule has 1 aliphatic heterocycles. The second kappa shape index (κ2) is 7.38. The van der Waals surface area contributed by atoms with Crippen LogP contribution in [0.3, 0.4) is 0 Å². The third-order valence-corrected chi connectivity index (χ3v) is 4.44. The summed E-state index contributed by atoms with van der Waals surface area (Å²) in [7, 11) is 1.50. The predicted molar refractivity (Wildman–Crippen MR) is 91.2 cm³/mol. The van der Waals surface area contributed by atoms with Crippen molar-refractivity contribution in [1.29, 1.82) is 0 Å². The number of carboxylic acid groups (broad SMARTS) is 1. The molecule has 2 heterocycles. The SMILES string of the molecule is COc1cc(C(=O)O)ccc1CCNC(=O)c1cnn2c1CCCC2. The van der Waals surface area contributed by atoms with Crippen LogP contribution < -0.4 is 10.1 Å². The Morgan fingerprint density at radius 2 is 2.20 bits per heavy atom. The Morgan fingerprint density at radius 3 is 2.96 bits per heavy atom. The maximum atomic E-state index is 12.4. The molecular weight excluding hydrogens is 322 g/mol. The van der Waals surface area contributed by atoms with Gasteiger partial charge in [-0.15, -0.1) is 0 Å². The van der Waals surface area contributed by atoms with Crippen molar-refractivity contribution in [3.8, 4) is 5.75 Å². The minimum Gasteiger partial charge on any atom is -0.496 e. The molecule has 132 valence electrons. The number of hydrogen-bond acceptors (Lipinski definition) is 4. The van der Waals surface area contributed by atoms with E-state index in [2.05, 4.69) is 10.4 Å². The zero-order chi connectivity index (χ0) is 17.8. The molecule has 1 aliphatic rings. The lowest BCUT2D eigenvalue weighted by Gasteiger charge is -2.14. The molecule has 1 aromatic carbocycles. The molecule has 25 heavy (non-hydrogen) atoms. The maximum absolute atomic E-state index is 12.4. The van der Waals surface area contributed by atoms with Gasteiger partial charge in [-0.3, -0.25) is 9.48 Å². The Hall–Kier alpha value is -2.83. The van der Waals surface area contributed by atoms with E-state index in [1.807, 2.05) is 4.68 Å². The quantitative estimate of drug-likeness (QED) is 0.835. The topological polar surface area (TPSA) is 93.4 Å². The number of rotatable bonds is 6. The van der Waals surface area contributed by atoms with Gasteiger partial charge >= 0.3 is 5.97 Å². The van der Waals surface area contributed by atoms with E-state index in [4.69, 9.17) is 9.84 Å². The fourth-order valence-corrected chi connectivity index (χ4v) is 3.10. The highest BCUT2D eigenvalue weighted by molar-refractivity contribution is 5.95. The standard InChI is InChI=1S/C18H21N3O4/c1-25-16-10-13(18(23)24)6-5-12(16)7-8-19-17(22)14-11-20-21-9-3-2-4-15(14)21/h5-6,10-11H,2-4,7-9H2,1H3,(H,19,22)(H,23,24). The zero-order valence-corrected chi connectivity index (χ0v) is 14.1. The monoisotopic (exact) mass is 343 g/mol. The number of hydrogen-bond donors (Lipinski definition) is 2. The van der Waals surface area contributed by atoms with Crippen LogP contribution in [0.4, 0.5) is 0 Å². The molecule has 0 saturated heterocycles. The molecule has 0 bridgehead atoms. The first-order chi connectivity index (χ1) is 12.1. The van der Waals surface area contributed by atoms with E-state index in [1.165, 1.54) is 19.2 Å². The van der Waals surface area contributed by atoms with Crippen molar-refractivity contribution in [2.45, 2.75) is 32.2 Å². The first-order valence-electron chi connectivity index (χ1n) is 8.33. The molecule has 0 aliphatic carbocycles. The second-order valence-electron chi connectivity index (χ2n) is 6.02. The summed E-state index contributed by atoms with van der Waals surface area (Å²) in [5.74, 6) is -0.606. The molecule has 7 nitrogen and oxygen atoms in total. The number of methoxy groups -OCH3 is 1. The zero-order valence-electron chi connectivity index (χ0n) is 14.1. The van der Waals surface area contributed by atoms with Crippen LogP contribution in [0.1, 0.15) is 44.8 Å². The average molecular weight is 343 g/mol. The Kier molecular flexibility index (Phi) is 5.02. The first kappa shape index (κ1) is 17.0. The van der Waals surface area contributed by atoms with Crippen molar-refractivity contribution in [1.82, 2.24) is 15.1 Å². The van der Waals surface area contributed by atoms with Crippen LogP contribution in [-0.2, 0) is 19.4 Å². The molecular formula is C18H21N3O4. The summed E-state index contributed by atoms with van der Waals surface area (Å²) < 4.78 is 7.16. The number of ether oxygens (including phenoxy) is 1. The van der Waals surface area contributed by atoms with Gasteiger partial charge in [-0.25, -0.2) is 4.79 Å². The van der Waals surface area contributed by atoms with E-state index in [9.17, 15) is 9.59 Å². The predicted octanol–water partition coefficient (Wildman–Crippen LogP) is 1.90. The van der Waals surface area contributed by atoms with Crippen LogP contribution in [0, 0.1) is 0 Å². The number of carbonyl (C=O) groups excluding carboxylic acids is 1. The van der Waals surface area contributed by atoms with Crippen molar-refractivity contribution in [3.63, 3.8) is 0 Å². The summed E-state index contributed by atoms with van der Waals surface area (Å²) in [5, 5.41) is 16.2. The average Bonchev–Trinajstić information content (AvgIpc) is 3.05. The van der Waals surface area contributed by atoms with Crippen LogP contribution in [0.15, 0.2) is 24.4 Å². The fourth-order valence-electron chi connectivity index (χ4n) is 3.10. The van der Waals surface area contributed by atoms with E-state index in [0.29, 0.717) is 24.3 Å². The lowest BCUT2D eigenvalue weighted by Crippen LogP contribution is -2.27. The van der Waals surface area contributed by atoms with Gasteiger partial charge in [-0.1, -0.05) is 6.07 Å². The molecule has 1 amide bonds. The van der Waals surface area contributed by atoms with Crippen molar-refractivity contribution in [2.75, 3.05) is 13.7 Å². The summed E-state index contributed by atoms with van der Waals surface area (Å²) in [6.07, 6.45) is 5.25. The van der Waals surface area contributed by atoms with Gasteiger partial charge in [-0.05, 0) is 43.4 Å². The molecule has 2 aromatic rings. The summed E-state index contributed by atoms with van der Waals surface area (Å²) >= 11 is 0. The summed E-state index contributed by atoms with van der Waals surface area (Å²) in [6.45, 7) is 1.31. The molecule has 3 rings (SSSR count). The Bertz CT molecular complexity index is 798.